The van der Waals surface area contributed by atoms with Gasteiger partial charge < -0.3 is 14.7 Å². The number of carbonyl (C=O) groups excluding carboxylic acids is 2. The number of amides is 1. The van der Waals surface area contributed by atoms with Gasteiger partial charge in [0.25, 0.3) is 5.91 Å². The van der Waals surface area contributed by atoms with Gasteiger partial charge in [0, 0.05) is 12.1 Å². The summed E-state index contributed by atoms with van der Waals surface area (Å²) in [5, 5.41) is 9.01. The van der Waals surface area contributed by atoms with Crippen LogP contribution in [-0.2, 0) is 26.0 Å². The van der Waals surface area contributed by atoms with Gasteiger partial charge in [-0.3, -0.25) is 4.79 Å². The maximum atomic E-state index is 12.6. The minimum Gasteiger partial charge on any atom is -0.452 e. The molecule has 0 aliphatic carbocycles. The van der Waals surface area contributed by atoms with Gasteiger partial charge in [0.2, 0.25) is 0 Å². The average molecular weight is 383 g/mol. The van der Waals surface area contributed by atoms with Gasteiger partial charge in [-0.1, -0.05) is 19.1 Å². The zero-order valence-corrected chi connectivity index (χ0v) is 15.9. The summed E-state index contributed by atoms with van der Waals surface area (Å²) in [5.41, 5.74) is 0.955. The molecule has 1 aliphatic rings. The van der Waals surface area contributed by atoms with E-state index in [4.69, 9.17) is 9.84 Å². The summed E-state index contributed by atoms with van der Waals surface area (Å²) in [6, 6.07) is 5.75. The van der Waals surface area contributed by atoms with E-state index in [2.05, 4.69) is 0 Å². The number of esters is 1. The quantitative estimate of drug-likeness (QED) is 0.709. The number of nitrogens with zero attached hydrogens (tertiary/aromatic N) is 1. The Morgan fingerprint density at radius 1 is 1.31 bits per heavy atom. The molecular weight excluding hydrogens is 358 g/mol. The van der Waals surface area contributed by atoms with Crippen LogP contribution in [0.1, 0.15) is 42.6 Å². The van der Waals surface area contributed by atoms with Crippen molar-refractivity contribution in [1.29, 1.82) is 0 Å². The molecule has 0 bridgehead atoms. The van der Waals surface area contributed by atoms with Crippen LogP contribution in [0.2, 0.25) is 0 Å². The molecule has 1 fully saturated rings. The van der Waals surface area contributed by atoms with Crippen molar-refractivity contribution < 1.29 is 27.9 Å². The molecule has 1 aromatic rings. The molecule has 0 aromatic heterocycles. The Hall–Kier alpha value is -1.93. The summed E-state index contributed by atoms with van der Waals surface area (Å²) in [6.07, 6.45) is 1.09. The molecule has 1 N–H and O–H groups in total. The van der Waals surface area contributed by atoms with Crippen molar-refractivity contribution in [2.45, 2.75) is 45.4 Å². The first-order valence-electron chi connectivity index (χ1n) is 8.66. The molecule has 1 amide bonds. The summed E-state index contributed by atoms with van der Waals surface area (Å²) in [7, 11) is -3.12. The summed E-state index contributed by atoms with van der Waals surface area (Å²) in [6.45, 7) is 3.23. The molecule has 0 radical (unpaired) electrons. The number of sulfone groups is 1. The predicted octanol–water partition coefficient (Wildman–Crippen LogP) is 1.15. The second kappa shape index (κ2) is 8.64. The third kappa shape index (κ3) is 5.04. The van der Waals surface area contributed by atoms with Crippen molar-refractivity contribution >= 4 is 21.7 Å². The Morgan fingerprint density at radius 3 is 2.46 bits per heavy atom. The van der Waals surface area contributed by atoms with Crippen molar-refractivity contribution in [3.05, 3.63) is 35.4 Å². The Kier molecular flexibility index (Phi) is 6.77. The number of aliphatic hydroxyl groups excluding tert-OH is 1. The van der Waals surface area contributed by atoms with E-state index in [-0.39, 0.29) is 41.7 Å². The third-order valence-corrected chi connectivity index (χ3v) is 6.40. The van der Waals surface area contributed by atoms with E-state index >= 15 is 0 Å². The van der Waals surface area contributed by atoms with E-state index in [9.17, 15) is 18.0 Å². The van der Waals surface area contributed by atoms with Crippen LogP contribution >= 0.6 is 0 Å². The van der Waals surface area contributed by atoms with Crippen molar-refractivity contribution in [1.82, 2.24) is 4.90 Å². The molecule has 1 aliphatic heterocycles. The minimum atomic E-state index is -3.12. The van der Waals surface area contributed by atoms with Crippen LogP contribution in [0.25, 0.3) is 0 Å². The van der Waals surface area contributed by atoms with Gasteiger partial charge in [-0.15, -0.1) is 0 Å². The first kappa shape index (κ1) is 20.4. The predicted molar refractivity (Wildman–Crippen MR) is 96.3 cm³/mol. The molecule has 1 heterocycles. The molecule has 0 unspecified atom stereocenters. The molecule has 1 aromatic carbocycles. The van der Waals surface area contributed by atoms with Crippen LogP contribution in [-0.4, -0.2) is 60.5 Å². The zero-order chi connectivity index (χ0) is 19.3. The average Bonchev–Trinajstić information content (AvgIpc) is 2.99. The lowest BCUT2D eigenvalue weighted by molar-refractivity contribution is -0.138. The van der Waals surface area contributed by atoms with Gasteiger partial charge in [-0.25, -0.2) is 13.2 Å². The van der Waals surface area contributed by atoms with Gasteiger partial charge in [-0.2, -0.15) is 0 Å². The highest BCUT2D eigenvalue weighted by Gasteiger charge is 2.36. The summed E-state index contributed by atoms with van der Waals surface area (Å²) in [4.78, 5) is 26.2. The van der Waals surface area contributed by atoms with E-state index < -0.39 is 22.4 Å². The highest BCUT2D eigenvalue weighted by molar-refractivity contribution is 7.91. The maximum Gasteiger partial charge on any atom is 0.338 e. The van der Waals surface area contributed by atoms with Crippen molar-refractivity contribution in [2.24, 2.45) is 0 Å². The summed E-state index contributed by atoms with van der Waals surface area (Å²) >= 11 is 0. The van der Waals surface area contributed by atoms with Gasteiger partial charge >= 0.3 is 5.97 Å². The molecule has 1 saturated heterocycles. The smallest absolute Gasteiger partial charge is 0.338 e. The SMILES string of the molecule is CC[C@@H](C)N(C(=O)COC(=O)c1ccc(CO)cc1)[C@@H]1CCS(=O)(=O)C1. The second-order valence-electron chi connectivity index (χ2n) is 6.55. The number of benzene rings is 1. The molecular formula is C18H25NO6S. The molecule has 8 heteroatoms. The number of hydrogen-bond donors (Lipinski definition) is 1. The van der Waals surface area contributed by atoms with Crippen molar-refractivity contribution in [3.63, 3.8) is 0 Å². The van der Waals surface area contributed by atoms with Gasteiger partial charge in [0.1, 0.15) is 0 Å². The fourth-order valence-electron chi connectivity index (χ4n) is 3.03. The van der Waals surface area contributed by atoms with Gasteiger partial charge in [0.15, 0.2) is 16.4 Å². The van der Waals surface area contributed by atoms with E-state index in [0.29, 0.717) is 18.4 Å². The van der Waals surface area contributed by atoms with Gasteiger partial charge in [-0.05, 0) is 37.5 Å². The van der Waals surface area contributed by atoms with Crippen LogP contribution in [0.15, 0.2) is 24.3 Å². The molecule has 26 heavy (non-hydrogen) atoms. The van der Waals surface area contributed by atoms with Crippen LogP contribution < -0.4 is 0 Å². The third-order valence-electron chi connectivity index (χ3n) is 4.65. The maximum absolute atomic E-state index is 12.6. The number of hydrogen-bond acceptors (Lipinski definition) is 6. The zero-order valence-electron chi connectivity index (χ0n) is 15.1. The highest BCUT2D eigenvalue weighted by atomic mass is 32.2. The number of ether oxygens (including phenoxy) is 1. The molecule has 2 rings (SSSR count). The highest BCUT2D eigenvalue weighted by Crippen LogP contribution is 2.21. The topological polar surface area (TPSA) is 101 Å². The molecule has 0 spiro atoms. The second-order valence-corrected chi connectivity index (χ2v) is 8.78. The normalized spacial score (nSPS) is 19.7. The number of carbonyl (C=O) groups is 2. The van der Waals surface area contributed by atoms with Crippen molar-refractivity contribution in [3.8, 4) is 0 Å². The lowest BCUT2D eigenvalue weighted by atomic mass is 10.1. The monoisotopic (exact) mass is 383 g/mol. The van der Waals surface area contributed by atoms with Crippen LogP contribution in [0, 0.1) is 0 Å². The van der Waals surface area contributed by atoms with E-state index in [1.54, 1.807) is 17.0 Å². The van der Waals surface area contributed by atoms with Crippen LogP contribution in [0.5, 0.6) is 0 Å². The molecule has 0 saturated carbocycles. The molecule has 7 nitrogen and oxygen atoms in total. The lowest BCUT2D eigenvalue weighted by Crippen LogP contribution is -2.48. The Balaban J connectivity index is 2.01. The van der Waals surface area contributed by atoms with Crippen LogP contribution in [0.3, 0.4) is 0 Å². The lowest BCUT2D eigenvalue weighted by Gasteiger charge is -2.33. The number of aliphatic hydroxyl groups is 1. The van der Waals surface area contributed by atoms with E-state index in [1.165, 1.54) is 12.1 Å². The van der Waals surface area contributed by atoms with E-state index in [0.717, 1.165) is 0 Å². The largest absolute Gasteiger partial charge is 0.452 e. The molecule has 144 valence electrons. The van der Waals surface area contributed by atoms with Crippen LogP contribution in [0.4, 0.5) is 0 Å². The van der Waals surface area contributed by atoms with E-state index in [1.807, 2.05) is 13.8 Å². The van der Waals surface area contributed by atoms with Crippen molar-refractivity contribution in [2.75, 3.05) is 18.1 Å². The minimum absolute atomic E-state index is 0.0420. The Labute approximate surface area is 153 Å². The standard InChI is InChI=1S/C18H25NO6S/c1-3-13(2)19(16-8-9-26(23,24)12-16)17(21)11-25-18(22)15-6-4-14(10-20)5-7-15/h4-7,13,16,20H,3,8-12H2,1-2H3/t13-,16-/m1/s1. The Bertz CT molecular complexity index is 743. The fraction of sp³-hybridized carbons (Fsp3) is 0.556. The first-order chi connectivity index (χ1) is 12.3. The molecule has 2 atom stereocenters. The fourth-order valence-corrected chi connectivity index (χ4v) is 4.74. The number of rotatable bonds is 7. The van der Waals surface area contributed by atoms with Gasteiger partial charge in [0.05, 0.1) is 23.7 Å². The summed E-state index contributed by atoms with van der Waals surface area (Å²) in [5.74, 6) is -0.984. The Morgan fingerprint density at radius 2 is 1.96 bits per heavy atom. The summed E-state index contributed by atoms with van der Waals surface area (Å²) < 4.78 is 28.6. The first-order valence-corrected chi connectivity index (χ1v) is 10.5.